The van der Waals surface area contributed by atoms with E-state index in [9.17, 15) is 9.90 Å². The second-order valence-electron chi connectivity index (χ2n) is 8.31. The van der Waals surface area contributed by atoms with Crippen LogP contribution < -0.4 is 0 Å². The van der Waals surface area contributed by atoms with Gasteiger partial charge >= 0.3 is 0 Å². The summed E-state index contributed by atoms with van der Waals surface area (Å²) in [5.41, 5.74) is 3.58. The number of carbonyl (C=O) groups excluding carboxylic acids is 1. The largest absolute Gasteiger partial charge is 0.396 e. The van der Waals surface area contributed by atoms with Crippen LogP contribution in [0.2, 0.25) is 0 Å². The van der Waals surface area contributed by atoms with Crippen LogP contribution in [0.4, 0.5) is 0 Å². The van der Waals surface area contributed by atoms with Crippen LogP contribution in [0.3, 0.4) is 0 Å². The predicted octanol–water partition coefficient (Wildman–Crippen LogP) is 2.21. The molecule has 1 atom stereocenters. The van der Waals surface area contributed by atoms with Gasteiger partial charge in [-0.25, -0.2) is 4.98 Å². The lowest BCUT2D eigenvalue weighted by Gasteiger charge is -2.32. The van der Waals surface area contributed by atoms with Gasteiger partial charge in [0.25, 0.3) is 0 Å². The molecule has 2 aromatic heterocycles. The van der Waals surface area contributed by atoms with E-state index in [0.717, 1.165) is 38.1 Å². The van der Waals surface area contributed by atoms with Crippen LogP contribution in [0.1, 0.15) is 42.9 Å². The highest BCUT2D eigenvalue weighted by Gasteiger charge is 2.33. The second-order valence-corrected chi connectivity index (χ2v) is 8.31. The van der Waals surface area contributed by atoms with Crippen molar-refractivity contribution in [3.63, 3.8) is 0 Å². The molecule has 4 rings (SSSR count). The lowest BCUT2D eigenvalue weighted by molar-refractivity contribution is -0.129. The van der Waals surface area contributed by atoms with Gasteiger partial charge in [-0.1, -0.05) is 0 Å². The average molecular weight is 370 g/mol. The summed E-state index contributed by atoms with van der Waals surface area (Å²) in [7, 11) is 3.61. The van der Waals surface area contributed by atoms with Crippen molar-refractivity contribution in [2.45, 2.75) is 44.7 Å². The summed E-state index contributed by atoms with van der Waals surface area (Å²) in [5, 5.41) is 10.7. The highest BCUT2D eigenvalue weighted by atomic mass is 16.3. The van der Waals surface area contributed by atoms with Crippen LogP contribution >= 0.6 is 0 Å². The summed E-state index contributed by atoms with van der Waals surface area (Å²) in [4.78, 5) is 21.2. The first-order chi connectivity index (χ1) is 13.1. The molecule has 2 aliphatic rings. The molecule has 0 unspecified atom stereocenters. The first-order valence-corrected chi connectivity index (χ1v) is 10.1. The minimum atomic E-state index is 0.101. The van der Waals surface area contributed by atoms with Gasteiger partial charge in [0.1, 0.15) is 12.2 Å². The summed E-state index contributed by atoms with van der Waals surface area (Å²) in [5.74, 6) is 1.02. The van der Waals surface area contributed by atoms with Gasteiger partial charge in [0.2, 0.25) is 5.91 Å². The van der Waals surface area contributed by atoms with Gasteiger partial charge in [0.15, 0.2) is 0 Å². The summed E-state index contributed by atoms with van der Waals surface area (Å²) < 4.78 is 2.16. The Morgan fingerprint density at radius 2 is 2.15 bits per heavy atom. The van der Waals surface area contributed by atoms with E-state index in [0.29, 0.717) is 18.4 Å². The number of pyridine rings is 1. The van der Waals surface area contributed by atoms with Gasteiger partial charge in [-0.05, 0) is 61.8 Å². The summed E-state index contributed by atoms with van der Waals surface area (Å²) >= 11 is 0. The highest BCUT2D eigenvalue weighted by Crippen LogP contribution is 2.45. The van der Waals surface area contributed by atoms with Crippen molar-refractivity contribution in [2.24, 2.45) is 5.92 Å². The summed E-state index contributed by atoms with van der Waals surface area (Å²) in [6, 6.07) is 4.14. The number of aliphatic hydroxyl groups excluding tert-OH is 1. The number of rotatable bonds is 6. The Morgan fingerprint density at radius 3 is 2.85 bits per heavy atom. The zero-order valence-electron chi connectivity index (χ0n) is 16.4. The lowest BCUT2D eigenvalue weighted by Crippen LogP contribution is -2.36. The molecule has 1 aliphatic heterocycles. The Kier molecular flexibility index (Phi) is 5.19. The van der Waals surface area contributed by atoms with E-state index < -0.39 is 0 Å². The molecule has 6 heteroatoms. The summed E-state index contributed by atoms with van der Waals surface area (Å²) in [6.45, 7) is 3.53. The van der Waals surface area contributed by atoms with Crippen molar-refractivity contribution >= 4 is 16.9 Å². The lowest BCUT2D eigenvalue weighted by atomic mass is 9.98. The molecule has 2 aromatic rings. The van der Waals surface area contributed by atoms with Crippen molar-refractivity contribution in [2.75, 3.05) is 33.8 Å². The van der Waals surface area contributed by atoms with Crippen molar-refractivity contribution in [1.82, 2.24) is 19.4 Å². The number of nitrogens with zero attached hydrogens (tertiary/aromatic N) is 4. The zero-order valence-corrected chi connectivity index (χ0v) is 16.4. The van der Waals surface area contributed by atoms with Crippen LogP contribution in [0, 0.1) is 5.92 Å². The Hall–Kier alpha value is -1.92. The standard InChI is InChI=1S/C21H30N4O2/c1-23(2)19(27)13-25-20(16-7-8-16)18(17-6-3-9-22-21(17)25)12-24-10-4-5-15(11-24)14-26/h3,6,9,15-16,26H,4-5,7-8,10-14H2,1-2H3/t15-/m0/s1. The molecular formula is C21H30N4O2. The quantitative estimate of drug-likeness (QED) is 0.847. The Balaban J connectivity index is 1.73. The fraction of sp³-hybridized carbons (Fsp3) is 0.619. The molecule has 27 heavy (non-hydrogen) atoms. The third-order valence-electron chi connectivity index (χ3n) is 5.97. The van der Waals surface area contributed by atoms with E-state index in [2.05, 4.69) is 20.5 Å². The van der Waals surface area contributed by atoms with Crippen LogP contribution in [-0.2, 0) is 17.9 Å². The highest BCUT2D eigenvalue weighted by molar-refractivity contribution is 5.85. The monoisotopic (exact) mass is 370 g/mol. The summed E-state index contributed by atoms with van der Waals surface area (Å²) in [6.07, 6.45) is 6.46. The molecule has 146 valence electrons. The van der Waals surface area contributed by atoms with Gasteiger partial charge in [0, 0.05) is 51.1 Å². The number of carbonyl (C=O) groups is 1. The number of piperidine rings is 1. The molecular weight excluding hydrogens is 340 g/mol. The molecule has 1 aliphatic carbocycles. The molecule has 1 amide bonds. The van der Waals surface area contributed by atoms with Crippen molar-refractivity contribution in [1.29, 1.82) is 0 Å². The number of hydrogen-bond donors (Lipinski definition) is 1. The Morgan fingerprint density at radius 1 is 1.33 bits per heavy atom. The van der Waals surface area contributed by atoms with Gasteiger partial charge < -0.3 is 14.6 Å². The number of amides is 1. The average Bonchev–Trinajstić information content (AvgIpc) is 3.47. The molecule has 6 nitrogen and oxygen atoms in total. The van der Waals surface area contributed by atoms with E-state index in [1.807, 2.05) is 26.4 Å². The normalized spacial score (nSPS) is 20.9. The number of aromatic nitrogens is 2. The number of fused-ring (bicyclic) bond motifs is 1. The van der Waals surface area contributed by atoms with Crippen LogP contribution in [0.5, 0.6) is 0 Å². The number of hydrogen-bond acceptors (Lipinski definition) is 4. The van der Waals surface area contributed by atoms with Crippen LogP contribution in [0.15, 0.2) is 18.3 Å². The molecule has 0 bridgehead atoms. The molecule has 2 fully saturated rings. The minimum Gasteiger partial charge on any atom is -0.396 e. The molecule has 1 N–H and O–H groups in total. The van der Waals surface area contributed by atoms with Crippen LogP contribution in [-0.4, -0.2) is 64.2 Å². The van der Waals surface area contributed by atoms with Crippen molar-refractivity contribution in [3.05, 3.63) is 29.6 Å². The van der Waals surface area contributed by atoms with Crippen molar-refractivity contribution < 1.29 is 9.90 Å². The third kappa shape index (κ3) is 3.73. The zero-order chi connectivity index (χ0) is 19.0. The molecule has 1 saturated carbocycles. The molecule has 3 heterocycles. The second kappa shape index (κ2) is 7.60. The van der Waals surface area contributed by atoms with E-state index in [1.165, 1.54) is 29.5 Å². The Labute approximate surface area is 160 Å². The number of aliphatic hydroxyl groups is 1. The number of likely N-dealkylation sites (N-methyl/N-ethyl adjacent to an activating group) is 1. The van der Waals surface area contributed by atoms with Gasteiger partial charge in [-0.2, -0.15) is 0 Å². The fourth-order valence-electron chi connectivity index (χ4n) is 4.36. The van der Waals surface area contributed by atoms with Crippen molar-refractivity contribution in [3.8, 4) is 0 Å². The number of likely N-dealkylation sites (tertiary alicyclic amines) is 1. The van der Waals surface area contributed by atoms with Gasteiger partial charge in [-0.3, -0.25) is 9.69 Å². The maximum atomic E-state index is 12.5. The predicted molar refractivity (Wildman–Crippen MR) is 105 cm³/mol. The third-order valence-corrected chi connectivity index (χ3v) is 5.97. The maximum Gasteiger partial charge on any atom is 0.242 e. The molecule has 0 aromatic carbocycles. The van der Waals surface area contributed by atoms with E-state index in [1.54, 1.807) is 4.90 Å². The smallest absolute Gasteiger partial charge is 0.242 e. The van der Waals surface area contributed by atoms with Gasteiger partial charge in [-0.15, -0.1) is 0 Å². The van der Waals surface area contributed by atoms with E-state index in [4.69, 9.17) is 0 Å². The van der Waals surface area contributed by atoms with E-state index >= 15 is 0 Å². The minimum absolute atomic E-state index is 0.101. The van der Waals surface area contributed by atoms with Crippen LogP contribution in [0.25, 0.3) is 11.0 Å². The maximum absolute atomic E-state index is 12.5. The topological polar surface area (TPSA) is 61.6 Å². The fourth-order valence-corrected chi connectivity index (χ4v) is 4.36. The first-order valence-electron chi connectivity index (χ1n) is 10.1. The van der Waals surface area contributed by atoms with Gasteiger partial charge in [0.05, 0.1) is 0 Å². The Bertz CT molecular complexity index is 825. The molecule has 0 spiro atoms. The SMILES string of the molecule is CN(C)C(=O)Cn1c(C2CC2)c(CN2CCC[C@H](CO)C2)c2cccnc21. The molecule has 0 radical (unpaired) electrons. The first kappa shape index (κ1) is 18.4. The molecule has 1 saturated heterocycles. The van der Waals surface area contributed by atoms with E-state index in [-0.39, 0.29) is 12.5 Å².